The van der Waals surface area contributed by atoms with E-state index in [4.69, 9.17) is 9.47 Å². The van der Waals surface area contributed by atoms with Crippen LogP contribution in [0.2, 0.25) is 0 Å². The van der Waals surface area contributed by atoms with Crippen LogP contribution in [0.5, 0.6) is 5.75 Å². The van der Waals surface area contributed by atoms with Crippen LogP contribution in [0, 0.1) is 23.5 Å². The molecule has 51 heavy (non-hydrogen) atoms. The second kappa shape index (κ2) is 14.7. The Kier molecular flexibility index (Phi) is 9.90. The van der Waals surface area contributed by atoms with Crippen LogP contribution in [0.1, 0.15) is 45.2 Å². The summed E-state index contributed by atoms with van der Waals surface area (Å²) in [5.41, 5.74) is 2.24. The number of ether oxygens (including phenoxy) is 2. The maximum atomic E-state index is 15.0. The van der Waals surface area contributed by atoms with Crippen molar-refractivity contribution in [1.82, 2.24) is 29.1 Å². The standard InChI is InChI=1S/C38H44F2N8O3/c1-4-36(27(2)3)48-37(49)47(26-43-48)32-8-6-30(7-9-32)44-15-17-45(18-16-44)31-10-12-33(13-11-31)50-21-28-20-38(51-22-28,23-46-25-41-24-42-46)34-14-5-29(39)19-35(34)40/h5-14,19,24-28,36H,4,15-18,20-23H2,1-3H3/t28-,36?,38+/m1/s1. The van der Waals surface area contributed by atoms with Gasteiger partial charge in [0.1, 0.15) is 42.0 Å². The van der Waals surface area contributed by atoms with Crippen molar-refractivity contribution in [2.45, 2.75) is 51.8 Å². The number of benzene rings is 3. The van der Waals surface area contributed by atoms with Gasteiger partial charge in [-0.3, -0.25) is 0 Å². The molecule has 268 valence electrons. The van der Waals surface area contributed by atoms with E-state index in [0.29, 0.717) is 31.1 Å². The van der Waals surface area contributed by atoms with Gasteiger partial charge in [-0.25, -0.2) is 32.5 Å². The van der Waals surface area contributed by atoms with Crippen molar-refractivity contribution in [2.24, 2.45) is 11.8 Å². The average molecular weight is 699 g/mol. The molecule has 0 spiro atoms. The lowest BCUT2D eigenvalue weighted by molar-refractivity contribution is -0.0206. The molecule has 2 aromatic heterocycles. The van der Waals surface area contributed by atoms with Crippen LogP contribution in [0.4, 0.5) is 20.2 Å². The fraction of sp³-hybridized carbons (Fsp3) is 0.421. The Balaban J connectivity index is 0.923. The van der Waals surface area contributed by atoms with Crippen LogP contribution in [0.25, 0.3) is 5.69 Å². The van der Waals surface area contributed by atoms with Crippen LogP contribution in [0.15, 0.2) is 90.5 Å². The van der Waals surface area contributed by atoms with Crippen molar-refractivity contribution in [1.29, 1.82) is 0 Å². The molecule has 0 N–H and O–H groups in total. The first-order chi connectivity index (χ1) is 24.7. The van der Waals surface area contributed by atoms with Gasteiger partial charge in [-0.1, -0.05) is 26.8 Å². The summed E-state index contributed by atoms with van der Waals surface area (Å²) >= 11 is 0. The zero-order chi connectivity index (χ0) is 35.5. The van der Waals surface area contributed by atoms with Gasteiger partial charge in [0.05, 0.1) is 31.5 Å². The Morgan fingerprint density at radius 1 is 0.902 bits per heavy atom. The second-order valence-electron chi connectivity index (χ2n) is 13.8. The Morgan fingerprint density at radius 3 is 2.18 bits per heavy atom. The molecule has 2 saturated heterocycles. The largest absolute Gasteiger partial charge is 0.493 e. The molecule has 5 aromatic rings. The van der Waals surface area contributed by atoms with Gasteiger partial charge in [0.2, 0.25) is 0 Å². The van der Waals surface area contributed by atoms with Gasteiger partial charge >= 0.3 is 5.69 Å². The first-order valence-electron chi connectivity index (χ1n) is 17.6. The Morgan fingerprint density at radius 2 is 1.57 bits per heavy atom. The van der Waals surface area contributed by atoms with Crippen molar-refractivity contribution in [3.05, 3.63) is 113 Å². The molecule has 7 rings (SSSR count). The predicted octanol–water partition coefficient (Wildman–Crippen LogP) is 5.85. The molecule has 11 nitrogen and oxygen atoms in total. The third-order valence-corrected chi connectivity index (χ3v) is 10.2. The van der Waals surface area contributed by atoms with Gasteiger partial charge in [-0.2, -0.15) is 10.2 Å². The van der Waals surface area contributed by atoms with E-state index < -0.39 is 17.2 Å². The SMILES string of the molecule is CCC(C(C)C)n1ncn(-c2ccc(N3CCN(c4ccc(OC[C@@H]5CO[C@@](Cn6cncn6)(c6ccc(F)cc6F)C5)cc4)CC3)cc2)c1=O. The normalized spacial score (nSPS) is 19.9. The van der Waals surface area contributed by atoms with Gasteiger partial charge < -0.3 is 19.3 Å². The summed E-state index contributed by atoms with van der Waals surface area (Å²) in [5, 5.41) is 8.60. The van der Waals surface area contributed by atoms with Gasteiger partial charge in [0.25, 0.3) is 0 Å². The first-order valence-corrected chi connectivity index (χ1v) is 17.6. The summed E-state index contributed by atoms with van der Waals surface area (Å²) < 4.78 is 46.0. The fourth-order valence-corrected chi connectivity index (χ4v) is 7.45. The lowest BCUT2D eigenvalue weighted by atomic mass is 9.87. The smallest absolute Gasteiger partial charge is 0.350 e. The Labute approximate surface area is 296 Å². The summed E-state index contributed by atoms with van der Waals surface area (Å²) in [6, 6.07) is 19.9. The third-order valence-electron chi connectivity index (χ3n) is 10.2. The van der Waals surface area contributed by atoms with E-state index in [9.17, 15) is 13.6 Å². The highest BCUT2D eigenvalue weighted by molar-refractivity contribution is 5.54. The van der Waals surface area contributed by atoms with Crippen molar-refractivity contribution in [3.8, 4) is 11.4 Å². The summed E-state index contributed by atoms with van der Waals surface area (Å²) in [5.74, 6) is -0.205. The molecule has 13 heteroatoms. The zero-order valence-electron chi connectivity index (χ0n) is 29.2. The zero-order valence-corrected chi connectivity index (χ0v) is 29.2. The average Bonchev–Trinajstić information content (AvgIpc) is 3.90. The van der Waals surface area contributed by atoms with E-state index in [1.54, 1.807) is 26.6 Å². The quantitative estimate of drug-likeness (QED) is 0.160. The highest BCUT2D eigenvalue weighted by atomic mass is 19.1. The molecule has 4 heterocycles. The molecule has 0 saturated carbocycles. The van der Waals surface area contributed by atoms with E-state index >= 15 is 0 Å². The number of nitrogens with zero attached hydrogens (tertiary/aromatic N) is 8. The highest BCUT2D eigenvalue weighted by Gasteiger charge is 2.44. The summed E-state index contributed by atoms with van der Waals surface area (Å²) in [4.78, 5) is 21.8. The van der Waals surface area contributed by atoms with E-state index in [1.807, 2.05) is 24.3 Å². The topological polar surface area (TPSA) is 95.5 Å². The molecule has 0 aliphatic carbocycles. The molecule has 0 bridgehead atoms. The highest BCUT2D eigenvalue weighted by Crippen LogP contribution is 2.42. The van der Waals surface area contributed by atoms with E-state index in [1.165, 1.54) is 18.5 Å². The van der Waals surface area contributed by atoms with Gasteiger partial charge in [-0.15, -0.1) is 0 Å². The minimum Gasteiger partial charge on any atom is -0.493 e. The lowest BCUT2D eigenvalue weighted by Crippen LogP contribution is -2.46. The molecular weight excluding hydrogens is 654 g/mol. The summed E-state index contributed by atoms with van der Waals surface area (Å²) in [6.45, 7) is 10.8. The molecule has 0 amide bonds. The van der Waals surface area contributed by atoms with Gasteiger partial charge in [-0.05, 0) is 73.4 Å². The minimum absolute atomic E-state index is 0.00301. The first kappa shape index (κ1) is 34.4. The maximum absolute atomic E-state index is 15.0. The third kappa shape index (κ3) is 7.25. The molecule has 2 aliphatic heterocycles. The van der Waals surface area contributed by atoms with Crippen LogP contribution >= 0.6 is 0 Å². The number of piperazine rings is 1. The molecule has 3 aromatic carbocycles. The minimum atomic E-state index is -1.01. The maximum Gasteiger partial charge on any atom is 0.350 e. The fourth-order valence-electron chi connectivity index (χ4n) is 7.45. The molecule has 0 radical (unpaired) electrons. The van der Waals surface area contributed by atoms with Crippen LogP contribution < -0.4 is 20.2 Å². The summed E-state index contributed by atoms with van der Waals surface area (Å²) in [6.07, 6.45) is 5.94. The number of hydrogen-bond donors (Lipinski definition) is 0. The molecule has 2 fully saturated rings. The van der Waals surface area contributed by atoms with Crippen molar-refractivity contribution in [2.75, 3.05) is 49.2 Å². The summed E-state index contributed by atoms with van der Waals surface area (Å²) in [7, 11) is 0. The number of halogens is 2. The van der Waals surface area contributed by atoms with Gasteiger partial charge in [0.15, 0.2) is 0 Å². The van der Waals surface area contributed by atoms with Crippen LogP contribution in [0.3, 0.4) is 0 Å². The number of anilines is 2. The number of hydrogen-bond acceptors (Lipinski definition) is 8. The van der Waals surface area contributed by atoms with Gasteiger partial charge in [0, 0.05) is 55.1 Å². The lowest BCUT2D eigenvalue weighted by Gasteiger charge is -2.37. The number of rotatable bonds is 12. The van der Waals surface area contributed by atoms with Crippen molar-refractivity contribution in [3.63, 3.8) is 0 Å². The van der Waals surface area contributed by atoms with Crippen LogP contribution in [-0.4, -0.2) is 68.5 Å². The number of aromatic nitrogens is 6. The predicted molar refractivity (Wildman–Crippen MR) is 190 cm³/mol. The van der Waals surface area contributed by atoms with E-state index in [-0.39, 0.29) is 24.2 Å². The Hall–Kier alpha value is -5.04. The van der Waals surface area contributed by atoms with Crippen molar-refractivity contribution < 1.29 is 18.3 Å². The Bertz CT molecular complexity index is 1950. The molecular formula is C38H44F2N8O3. The molecule has 1 unspecified atom stereocenters. The molecule has 3 atom stereocenters. The van der Waals surface area contributed by atoms with Crippen molar-refractivity contribution >= 4 is 11.4 Å². The molecule has 2 aliphatic rings. The van der Waals surface area contributed by atoms with Crippen LogP contribution in [-0.2, 0) is 16.9 Å². The van der Waals surface area contributed by atoms with E-state index in [2.05, 4.69) is 70.0 Å². The second-order valence-corrected chi connectivity index (χ2v) is 13.8. The van der Waals surface area contributed by atoms with E-state index in [0.717, 1.165) is 61.5 Å². The monoisotopic (exact) mass is 698 g/mol.